The van der Waals surface area contributed by atoms with Crippen molar-refractivity contribution in [1.29, 1.82) is 0 Å². The third-order valence-electron chi connectivity index (χ3n) is 6.72. The van der Waals surface area contributed by atoms with E-state index < -0.39 is 17.9 Å². The van der Waals surface area contributed by atoms with Crippen molar-refractivity contribution < 1.29 is 19.4 Å². The van der Waals surface area contributed by atoms with E-state index in [1.54, 1.807) is 7.05 Å². The molecule has 4 aromatic rings. The van der Waals surface area contributed by atoms with E-state index in [-0.39, 0.29) is 34.4 Å². The standard InChI is InChI=1S/C28H26ClN5O5/c1-14(2)33-23-21(31-24(33)19-10-17(28(37)38)12-30-25(19)39-5)27(36)34(20-11-18(29)13-32(4)26(20)35)22(23)16-8-6-15(3)7-9-16/h6-14,22H,1-5H3,(H,37,38). The molecule has 3 aromatic heterocycles. The van der Waals surface area contributed by atoms with E-state index in [1.807, 2.05) is 49.6 Å². The van der Waals surface area contributed by atoms with Crippen LogP contribution >= 0.6 is 11.6 Å². The molecule has 1 N–H and O–H groups in total. The van der Waals surface area contributed by atoms with Crippen LogP contribution in [-0.4, -0.2) is 43.2 Å². The molecule has 1 amide bonds. The van der Waals surface area contributed by atoms with Crippen LogP contribution in [0.5, 0.6) is 5.88 Å². The minimum absolute atomic E-state index is 0.0465. The number of aryl methyl sites for hydroxylation is 2. The van der Waals surface area contributed by atoms with Gasteiger partial charge < -0.3 is 19.0 Å². The highest BCUT2D eigenvalue weighted by Crippen LogP contribution is 2.45. The van der Waals surface area contributed by atoms with E-state index >= 15 is 0 Å². The maximum atomic E-state index is 14.1. The van der Waals surface area contributed by atoms with Gasteiger partial charge in [-0.05, 0) is 38.5 Å². The first kappa shape index (κ1) is 26.2. The molecule has 11 heteroatoms. The van der Waals surface area contributed by atoms with Crippen molar-refractivity contribution in [3.05, 3.63) is 92.2 Å². The van der Waals surface area contributed by atoms with Crippen LogP contribution in [0, 0.1) is 6.92 Å². The molecule has 1 aromatic carbocycles. The fraction of sp³-hybridized carbons (Fsp3) is 0.250. The van der Waals surface area contributed by atoms with Gasteiger partial charge in [0.05, 0.1) is 29.0 Å². The third kappa shape index (κ3) is 4.26. The van der Waals surface area contributed by atoms with Crippen LogP contribution in [0.2, 0.25) is 5.02 Å². The molecule has 39 heavy (non-hydrogen) atoms. The van der Waals surface area contributed by atoms with Crippen LogP contribution < -0.4 is 15.2 Å². The Labute approximate surface area is 229 Å². The lowest BCUT2D eigenvalue weighted by molar-refractivity contribution is 0.0696. The van der Waals surface area contributed by atoms with Crippen molar-refractivity contribution in [2.75, 3.05) is 12.0 Å². The highest BCUT2D eigenvalue weighted by atomic mass is 35.5. The average molecular weight is 548 g/mol. The van der Waals surface area contributed by atoms with Crippen molar-refractivity contribution in [3.63, 3.8) is 0 Å². The van der Waals surface area contributed by atoms with Crippen LogP contribution in [0.25, 0.3) is 11.4 Å². The molecule has 1 atom stereocenters. The number of amides is 1. The van der Waals surface area contributed by atoms with E-state index in [2.05, 4.69) is 4.98 Å². The van der Waals surface area contributed by atoms with Crippen LogP contribution in [-0.2, 0) is 7.05 Å². The van der Waals surface area contributed by atoms with E-state index in [0.717, 1.165) is 11.1 Å². The number of anilines is 1. The zero-order valence-electron chi connectivity index (χ0n) is 22.0. The van der Waals surface area contributed by atoms with Crippen molar-refractivity contribution >= 4 is 29.2 Å². The molecule has 4 heterocycles. The molecule has 10 nitrogen and oxygen atoms in total. The highest BCUT2D eigenvalue weighted by molar-refractivity contribution is 6.30. The number of carboxylic acids is 1. The Morgan fingerprint density at radius 2 is 1.85 bits per heavy atom. The number of hydrogen-bond donors (Lipinski definition) is 1. The molecule has 0 saturated heterocycles. The van der Waals surface area contributed by atoms with Crippen LogP contribution in [0.4, 0.5) is 5.69 Å². The van der Waals surface area contributed by atoms with E-state index in [9.17, 15) is 19.5 Å². The van der Waals surface area contributed by atoms with E-state index in [1.165, 1.54) is 41.1 Å². The van der Waals surface area contributed by atoms with Gasteiger partial charge in [0.2, 0.25) is 5.88 Å². The van der Waals surface area contributed by atoms with Gasteiger partial charge in [-0.15, -0.1) is 0 Å². The molecular formula is C28H26ClN5O5. The molecule has 0 radical (unpaired) electrons. The summed E-state index contributed by atoms with van der Waals surface area (Å²) in [5.41, 5.74) is 2.55. The summed E-state index contributed by atoms with van der Waals surface area (Å²) >= 11 is 6.32. The summed E-state index contributed by atoms with van der Waals surface area (Å²) in [6.07, 6.45) is 2.69. The number of pyridine rings is 2. The van der Waals surface area contributed by atoms with Crippen LogP contribution in [0.3, 0.4) is 0 Å². The monoisotopic (exact) mass is 547 g/mol. The summed E-state index contributed by atoms with van der Waals surface area (Å²) in [7, 11) is 3.01. The van der Waals surface area contributed by atoms with Crippen molar-refractivity contribution in [3.8, 4) is 17.3 Å². The molecular weight excluding hydrogens is 522 g/mol. The summed E-state index contributed by atoms with van der Waals surface area (Å²) < 4.78 is 8.65. The predicted molar refractivity (Wildman–Crippen MR) is 146 cm³/mol. The number of benzene rings is 1. The quantitative estimate of drug-likeness (QED) is 0.373. The minimum atomic E-state index is -1.15. The van der Waals surface area contributed by atoms with Gasteiger partial charge in [0.1, 0.15) is 17.6 Å². The normalized spacial score (nSPS) is 14.7. The summed E-state index contributed by atoms with van der Waals surface area (Å²) in [6, 6.07) is 9.70. The number of imidazole rings is 1. The number of rotatable bonds is 6. The Balaban J connectivity index is 1.83. The Morgan fingerprint density at radius 1 is 1.15 bits per heavy atom. The number of aromatic carboxylic acids is 1. The lowest BCUT2D eigenvalue weighted by Crippen LogP contribution is -2.36. The van der Waals surface area contributed by atoms with Gasteiger partial charge in [-0.25, -0.2) is 14.8 Å². The molecule has 1 aliphatic rings. The van der Waals surface area contributed by atoms with Gasteiger partial charge in [-0.3, -0.25) is 14.5 Å². The second-order valence-corrected chi connectivity index (χ2v) is 10.1. The highest BCUT2D eigenvalue weighted by Gasteiger charge is 2.46. The van der Waals surface area contributed by atoms with Gasteiger partial charge >= 0.3 is 5.97 Å². The molecule has 0 fully saturated rings. The number of carbonyl (C=O) groups excluding carboxylic acids is 1. The smallest absolute Gasteiger partial charge is 0.337 e. The summed E-state index contributed by atoms with van der Waals surface area (Å²) in [6.45, 7) is 5.83. The Morgan fingerprint density at radius 3 is 2.46 bits per heavy atom. The number of carbonyl (C=O) groups is 2. The number of aromatic nitrogens is 4. The first-order chi connectivity index (χ1) is 18.5. The van der Waals surface area contributed by atoms with Crippen molar-refractivity contribution in [2.45, 2.75) is 32.9 Å². The van der Waals surface area contributed by atoms with Crippen molar-refractivity contribution in [2.24, 2.45) is 7.05 Å². The molecule has 0 spiro atoms. The molecule has 0 saturated carbocycles. The predicted octanol–water partition coefficient (Wildman–Crippen LogP) is 4.64. The summed E-state index contributed by atoms with van der Waals surface area (Å²) in [5, 5.41) is 9.90. The SMILES string of the molecule is COc1ncc(C(=O)O)cc1-c1nc2c(n1C(C)C)C(c1ccc(C)cc1)N(c1cc(Cl)cn(C)c1=O)C2=O. The van der Waals surface area contributed by atoms with Crippen LogP contribution in [0.15, 0.2) is 53.6 Å². The number of hydrogen-bond acceptors (Lipinski definition) is 6. The Hall–Kier alpha value is -4.44. The second-order valence-electron chi connectivity index (χ2n) is 9.67. The zero-order chi connectivity index (χ0) is 28.2. The minimum Gasteiger partial charge on any atom is -0.480 e. The second kappa shape index (κ2) is 9.70. The van der Waals surface area contributed by atoms with Gasteiger partial charge in [0.25, 0.3) is 11.5 Å². The van der Waals surface area contributed by atoms with Gasteiger partial charge in [0, 0.05) is 25.5 Å². The number of methoxy groups -OCH3 is 1. The number of nitrogens with zero attached hydrogens (tertiary/aromatic N) is 5. The van der Waals surface area contributed by atoms with E-state index in [4.69, 9.17) is 21.3 Å². The molecule has 200 valence electrons. The number of carboxylic acid groups (broad SMARTS) is 1. The van der Waals surface area contributed by atoms with Crippen molar-refractivity contribution in [1.82, 2.24) is 19.1 Å². The maximum Gasteiger partial charge on any atom is 0.337 e. The first-order valence-corrected chi connectivity index (χ1v) is 12.6. The Bertz CT molecular complexity index is 1690. The molecule has 0 bridgehead atoms. The van der Waals surface area contributed by atoms with Gasteiger partial charge in [-0.1, -0.05) is 41.4 Å². The number of ether oxygens (including phenoxy) is 1. The molecule has 1 aliphatic heterocycles. The maximum absolute atomic E-state index is 14.1. The first-order valence-electron chi connectivity index (χ1n) is 12.2. The van der Waals surface area contributed by atoms with Gasteiger partial charge in [-0.2, -0.15) is 0 Å². The molecule has 0 aliphatic carbocycles. The third-order valence-corrected chi connectivity index (χ3v) is 6.93. The average Bonchev–Trinajstić information content (AvgIpc) is 3.41. The van der Waals surface area contributed by atoms with E-state index in [0.29, 0.717) is 22.1 Å². The van der Waals surface area contributed by atoms with Gasteiger partial charge in [0.15, 0.2) is 5.69 Å². The summed E-state index contributed by atoms with van der Waals surface area (Å²) in [5.74, 6) is -1.12. The summed E-state index contributed by atoms with van der Waals surface area (Å²) in [4.78, 5) is 49.4. The largest absolute Gasteiger partial charge is 0.480 e. The fourth-order valence-electron chi connectivity index (χ4n) is 4.95. The Kier molecular flexibility index (Phi) is 6.51. The molecule has 5 rings (SSSR count). The van der Waals surface area contributed by atoms with Crippen LogP contribution in [0.1, 0.15) is 63.6 Å². The number of fused-ring (bicyclic) bond motifs is 1. The lowest BCUT2D eigenvalue weighted by Gasteiger charge is -2.28. The number of halogens is 1. The topological polar surface area (TPSA) is 120 Å². The zero-order valence-corrected chi connectivity index (χ0v) is 22.7. The fourth-order valence-corrected chi connectivity index (χ4v) is 5.20. The molecule has 1 unspecified atom stereocenters. The lowest BCUT2D eigenvalue weighted by atomic mass is 10.0.